The van der Waals surface area contributed by atoms with Gasteiger partial charge in [0.2, 0.25) is 6.29 Å². The average molecular weight is 203 g/mol. The van der Waals surface area contributed by atoms with Gasteiger partial charge in [-0.15, -0.1) is 0 Å². The summed E-state index contributed by atoms with van der Waals surface area (Å²) < 4.78 is 0. The van der Waals surface area contributed by atoms with Gasteiger partial charge in [0.25, 0.3) is 0 Å². The molecule has 0 aromatic rings. The van der Waals surface area contributed by atoms with E-state index in [0.717, 1.165) is 12.5 Å². The van der Waals surface area contributed by atoms with Crippen molar-refractivity contribution in [1.29, 1.82) is 0 Å². The lowest BCUT2D eigenvalue weighted by Crippen LogP contribution is -2.35. The van der Waals surface area contributed by atoms with Crippen molar-refractivity contribution in [1.82, 2.24) is 0 Å². The number of aliphatic hydroxyl groups excluding tert-OH is 1. The van der Waals surface area contributed by atoms with Crippen LogP contribution in [0.15, 0.2) is 0 Å². The van der Waals surface area contributed by atoms with Gasteiger partial charge in [-0.1, -0.05) is 32.1 Å². The number of hydrogen-bond acceptors (Lipinski definition) is 3. The first-order chi connectivity index (χ1) is 5.83. The molecule has 0 spiro atoms. The van der Waals surface area contributed by atoms with Crippen molar-refractivity contribution in [2.75, 3.05) is 6.61 Å². The summed E-state index contributed by atoms with van der Waals surface area (Å²) in [6.07, 6.45) is 2.58. The van der Waals surface area contributed by atoms with Gasteiger partial charge in [0.15, 0.2) is 5.60 Å². The molecule has 77 valence electrons. The van der Waals surface area contributed by atoms with Crippen LogP contribution in [0.1, 0.15) is 12.8 Å². The van der Waals surface area contributed by atoms with Crippen LogP contribution in [0.5, 0.6) is 0 Å². The number of rotatable bonds is 6. The summed E-state index contributed by atoms with van der Waals surface area (Å²) in [5.41, 5.74) is -1.63. The highest BCUT2D eigenvalue weighted by Crippen LogP contribution is 2.17. The molecule has 0 fully saturated rings. The molecule has 0 bridgehead atoms. The van der Waals surface area contributed by atoms with Crippen molar-refractivity contribution in [2.24, 2.45) is 0 Å². The molecular formula is C9H19O3Si. The fourth-order valence-electron chi connectivity index (χ4n) is 1.07. The Hall–Kier alpha value is -0.193. The fourth-order valence-corrected chi connectivity index (χ4v) is 2.31. The predicted octanol–water partition coefficient (Wildman–Crippen LogP) is 0.938. The van der Waals surface area contributed by atoms with Crippen molar-refractivity contribution >= 4 is 14.4 Å². The van der Waals surface area contributed by atoms with Gasteiger partial charge < -0.3 is 10.2 Å². The molecule has 0 saturated carbocycles. The summed E-state index contributed by atoms with van der Waals surface area (Å²) >= 11 is 0. The highest BCUT2D eigenvalue weighted by atomic mass is 28.3. The molecule has 0 aliphatic rings. The van der Waals surface area contributed by atoms with Crippen LogP contribution < -0.4 is 0 Å². The van der Waals surface area contributed by atoms with E-state index in [0.29, 0.717) is 6.42 Å². The SMILES string of the molecule is C[Si](C)(C)CCCC(O)([C]=O)CO. The summed E-state index contributed by atoms with van der Waals surface area (Å²) in [7, 11) is -1.11. The average Bonchev–Trinajstić information content (AvgIpc) is 2.02. The molecule has 0 rings (SSSR count). The molecule has 1 atom stereocenters. The Morgan fingerprint density at radius 3 is 2.23 bits per heavy atom. The van der Waals surface area contributed by atoms with E-state index in [9.17, 15) is 9.90 Å². The zero-order chi connectivity index (χ0) is 10.5. The monoisotopic (exact) mass is 203 g/mol. The van der Waals surface area contributed by atoms with Crippen LogP contribution in [0.3, 0.4) is 0 Å². The predicted molar refractivity (Wildman–Crippen MR) is 55.1 cm³/mol. The summed E-state index contributed by atoms with van der Waals surface area (Å²) in [5, 5.41) is 18.1. The topological polar surface area (TPSA) is 57.5 Å². The van der Waals surface area contributed by atoms with E-state index in [1.807, 2.05) is 0 Å². The largest absolute Gasteiger partial charge is 0.393 e. The first-order valence-corrected chi connectivity index (χ1v) is 8.26. The second-order valence-corrected chi connectivity index (χ2v) is 10.3. The van der Waals surface area contributed by atoms with Gasteiger partial charge in [-0.2, -0.15) is 0 Å². The van der Waals surface area contributed by atoms with E-state index in [4.69, 9.17) is 5.11 Å². The Morgan fingerprint density at radius 2 is 1.92 bits per heavy atom. The maximum absolute atomic E-state index is 10.3. The lowest BCUT2D eigenvalue weighted by molar-refractivity contribution is 0.0348. The Morgan fingerprint density at radius 1 is 1.38 bits per heavy atom. The van der Waals surface area contributed by atoms with Crippen LogP contribution in [0.25, 0.3) is 0 Å². The molecule has 0 heterocycles. The van der Waals surface area contributed by atoms with E-state index in [1.165, 1.54) is 6.29 Å². The molecule has 0 aromatic carbocycles. The standard InChI is InChI=1S/C9H19O3Si/c1-13(2,3)6-4-5-9(12,7-10)8-11/h10,12H,4-7H2,1-3H3. The molecule has 4 heteroatoms. The molecule has 0 aromatic heterocycles. The normalized spacial score (nSPS) is 16.7. The Labute approximate surface area is 80.8 Å². The summed E-state index contributed by atoms with van der Waals surface area (Å²) in [4.78, 5) is 10.3. The minimum absolute atomic E-state index is 0.317. The van der Waals surface area contributed by atoms with Crippen molar-refractivity contribution in [3.8, 4) is 0 Å². The fraction of sp³-hybridized carbons (Fsp3) is 0.889. The molecule has 0 aliphatic heterocycles. The third-order valence-corrected chi connectivity index (χ3v) is 3.82. The second kappa shape index (κ2) is 4.88. The zero-order valence-electron chi connectivity index (χ0n) is 8.63. The third-order valence-electron chi connectivity index (χ3n) is 1.97. The summed E-state index contributed by atoms with van der Waals surface area (Å²) in [5.74, 6) is 0. The first-order valence-electron chi connectivity index (χ1n) is 4.55. The van der Waals surface area contributed by atoms with E-state index >= 15 is 0 Å². The van der Waals surface area contributed by atoms with Crippen molar-refractivity contribution in [2.45, 2.75) is 44.1 Å². The van der Waals surface area contributed by atoms with E-state index in [2.05, 4.69) is 19.6 Å². The van der Waals surface area contributed by atoms with Gasteiger partial charge in [-0.25, -0.2) is 0 Å². The molecule has 1 radical (unpaired) electrons. The maximum atomic E-state index is 10.3. The van der Waals surface area contributed by atoms with E-state index in [1.54, 1.807) is 0 Å². The number of hydrogen-bond donors (Lipinski definition) is 2. The minimum Gasteiger partial charge on any atom is -0.393 e. The quantitative estimate of drug-likeness (QED) is 0.632. The van der Waals surface area contributed by atoms with Gasteiger partial charge >= 0.3 is 0 Å². The maximum Gasteiger partial charge on any atom is 0.235 e. The van der Waals surface area contributed by atoms with Crippen molar-refractivity contribution < 1.29 is 15.0 Å². The first kappa shape index (κ1) is 12.8. The molecule has 1 unspecified atom stereocenters. The van der Waals surface area contributed by atoms with Crippen LogP contribution in [-0.2, 0) is 4.79 Å². The van der Waals surface area contributed by atoms with Gasteiger partial charge in [0.05, 0.1) is 6.61 Å². The highest BCUT2D eigenvalue weighted by Gasteiger charge is 2.26. The van der Waals surface area contributed by atoms with Crippen LogP contribution in [0, 0.1) is 0 Å². The van der Waals surface area contributed by atoms with Crippen LogP contribution in [0.2, 0.25) is 25.7 Å². The number of aliphatic hydroxyl groups is 2. The van der Waals surface area contributed by atoms with E-state index < -0.39 is 20.3 Å². The van der Waals surface area contributed by atoms with Gasteiger partial charge in [-0.3, -0.25) is 4.79 Å². The number of carbonyl (C=O) groups excluding carboxylic acids is 1. The molecule has 13 heavy (non-hydrogen) atoms. The third kappa shape index (κ3) is 5.96. The Kier molecular flexibility index (Phi) is 4.81. The summed E-state index contributed by atoms with van der Waals surface area (Å²) in [6.45, 7) is 6.17. The lowest BCUT2D eigenvalue weighted by Gasteiger charge is -2.20. The Bertz CT molecular complexity index is 165. The lowest BCUT2D eigenvalue weighted by atomic mass is 10.0. The highest BCUT2D eigenvalue weighted by molar-refractivity contribution is 6.76. The molecule has 0 aliphatic carbocycles. The smallest absolute Gasteiger partial charge is 0.235 e. The Balaban J connectivity index is 3.81. The second-order valence-electron chi connectivity index (χ2n) is 4.71. The summed E-state index contributed by atoms with van der Waals surface area (Å²) in [6, 6.07) is 1.05. The molecule has 3 nitrogen and oxygen atoms in total. The van der Waals surface area contributed by atoms with Gasteiger partial charge in [0, 0.05) is 8.07 Å². The van der Waals surface area contributed by atoms with Gasteiger partial charge in [0.1, 0.15) is 0 Å². The van der Waals surface area contributed by atoms with Crippen LogP contribution in [-0.4, -0.2) is 36.8 Å². The van der Waals surface area contributed by atoms with Crippen molar-refractivity contribution in [3.05, 3.63) is 0 Å². The van der Waals surface area contributed by atoms with Crippen LogP contribution in [0.4, 0.5) is 0 Å². The molecule has 0 amide bonds. The van der Waals surface area contributed by atoms with Crippen LogP contribution >= 0.6 is 0 Å². The van der Waals surface area contributed by atoms with E-state index in [-0.39, 0.29) is 0 Å². The molecular weight excluding hydrogens is 184 g/mol. The minimum atomic E-state index is -1.63. The zero-order valence-corrected chi connectivity index (χ0v) is 9.63. The van der Waals surface area contributed by atoms with Gasteiger partial charge in [-0.05, 0) is 6.42 Å². The van der Waals surface area contributed by atoms with Crippen molar-refractivity contribution in [3.63, 3.8) is 0 Å². The molecule has 0 saturated heterocycles. The molecule has 2 N–H and O–H groups in total.